The molecule has 0 radical (unpaired) electrons. The van der Waals surface area contributed by atoms with Gasteiger partial charge in [0.2, 0.25) is 5.88 Å². The largest absolute Gasteiger partial charge is 0.490 e. The second kappa shape index (κ2) is 8.66. The average Bonchev–Trinajstić information content (AvgIpc) is 3.18. The highest BCUT2D eigenvalue weighted by Gasteiger charge is 2.49. The molecule has 2 aromatic carbocycles. The van der Waals surface area contributed by atoms with Crippen LogP contribution in [0.15, 0.2) is 60.0 Å². The highest BCUT2D eigenvalue weighted by atomic mass is 16.5. The summed E-state index contributed by atoms with van der Waals surface area (Å²) in [6.45, 7) is 4.93. The minimum atomic E-state index is -0.362. The Kier molecular flexibility index (Phi) is 5.79. The summed E-state index contributed by atoms with van der Waals surface area (Å²) >= 11 is 0. The number of fused-ring (bicyclic) bond motifs is 1. The summed E-state index contributed by atoms with van der Waals surface area (Å²) in [5.74, 6) is 1.15. The van der Waals surface area contributed by atoms with Gasteiger partial charge in [0.05, 0.1) is 24.8 Å². The van der Waals surface area contributed by atoms with Gasteiger partial charge in [0.1, 0.15) is 6.07 Å². The van der Waals surface area contributed by atoms with Crippen LogP contribution in [0.3, 0.4) is 0 Å². The van der Waals surface area contributed by atoms with Crippen molar-refractivity contribution >= 4 is 0 Å². The molecule has 0 amide bonds. The Morgan fingerprint density at radius 3 is 2.43 bits per heavy atom. The van der Waals surface area contributed by atoms with Gasteiger partial charge in [0.15, 0.2) is 17.7 Å². The summed E-state index contributed by atoms with van der Waals surface area (Å²) in [4.78, 5) is 0. The van der Waals surface area contributed by atoms with Gasteiger partial charge in [-0.05, 0) is 37.1 Å². The summed E-state index contributed by atoms with van der Waals surface area (Å²) in [5, 5.41) is 9.92. The Morgan fingerprint density at radius 1 is 1.00 bits per heavy atom. The summed E-state index contributed by atoms with van der Waals surface area (Å²) in [7, 11) is 0. The molecule has 2 aliphatic heterocycles. The van der Waals surface area contributed by atoms with Crippen molar-refractivity contribution in [3.8, 4) is 17.6 Å². The molecule has 4 N–H and O–H groups in total. The van der Waals surface area contributed by atoms with E-state index in [0.717, 1.165) is 11.1 Å². The Hall–Kier alpha value is -3.21. The lowest BCUT2D eigenvalue weighted by Crippen LogP contribution is -2.41. The Balaban J connectivity index is 1.81. The predicted molar refractivity (Wildman–Crippen MR) is 112 cm³/mol. The number of benzene rings is 2. The third-order valence-electron chi connectivity index (χ3n) is 5.54. The number of hydrogen-bond acceptors (Lipinski definition) is 7. The molecule has 156 valence electrons. The van der Waals surface area contributed by atoms with Gasteiger partial charge in [0, 0.05) is 11.8 Å². The lowest BCUT2D eigenvalue weighted by molar-refractivity contribution is 0.0340. The minimum Gasteiger partial charge on any atom is -0.490 e. The van der Waals surface area contributed by atoms with Crippen LogP contribution in [-0.4, -0.2) is 19.4 Å². The monoisotopic (exact) mass is 406 g/mol. The Bertz CT molecular complexity index is 970. The third kappa shape index (κ3) is 3.56. The zero-order chi connectivity index (χ0) is 21.1. The van der Waals surface area contributed by atoms with E-state index in [-0.39, 0.29) is 30.0 Å². The van der Waals surface area contributed by atoms with Gasteiger partial charge < -0.3 is 19.9 Å². The van der Waals surface area contributed by atoms with Crippen molar-refractivity contribution in [1.29, 1.82) is 5.26 Å². The van der Waals surface area contributed by atoms with E-state index < -0.39 is 0 Å². The number of rotatable bonds is 6. The van der Waals surface area contributed by atoms with Crippen LogP contribution in [0, 0.1) is 17.2 Å². The number of nitrogens with one attached hydrogen (secondary N) is 2. The molecule has 0 aliphatic carbocycles. The fraction of sp³-hybridized carbons (Fsp3) is 0.348. The van der Waals surface area contributed by atoms with Crippen molar-refractivity contribution in [3.05, 3.63) is 71.1 Å². The van der Waals surface area contributed by atoms with Gasteiger partial charge >= 0.3 is 0 Å². The maximum atomic E-state index is 9.92. The molecule has 4 unspecified atom stereocenters. The van der Waals surface area contributed by atoms with Gasteiger partial charge in [-0.2, -0.15) is 5.26 Å². The standard InChI is InChI=1S/C23H26N4O3/c1-3-28-17-11-10-15(12-18(17)29-4-2)19-16(13-24)22(25)30-23-20(19)21(26-27-23)14-8-6-5-7-9-14/h5-12,19-21,23,26-27H,3-4,25H2,1-2H3. The van der Waals surface area contributed by atoms with Crippen molar-refractivity contribution < 1.29 is 14.2 Å². The van der Waals surface area contributed by atoms with Crippen LogP contribution in [0.2, 0.25) is 0 Å². The predicted octanol–water partition coefficient (Wildman–Crippen LogP) is 3.08. The maximum absolute atomic E-state index is 9.92. The molecule has 0 saturated carbocycles. The Labute approximate surface area is 176 Å². The van der Waals surface area contributed by atoms with E-state index in [0.29, 0.717) is 30.3 Å². The molecule has 2 heterocycles. The number of hydrazine groups is 1. The van der Waals surface area contributed by atoms with Crippen LogP contribution in [-0.2, 0) is 4.74 Å². The zero-order valence-electron chi connectivity index (χ0n) is 17.1. The first-order valence-electron chi connectivity index (χ1n) is 10.2. The SMILES string of the molecule is CCOc1ccc(C2C(C#N)=C(N)OC3NNC(c4ccccc4)C32)cc1OCC. The molecule has 30 heavy (non-hydrogen) atoms. The van der Waals surface area contributed by atoms with Gasteiger partial charge in [-0.25, -0.2) is 10.9 Å². The first-order valence-corrected chi connectivity index (χ1v) is 10.2. The number of allylic oxidation sites excluding steroid dienone is 1. The van der Waals surface area contributed by atoms with Gasteiger partial charge in [-0.15, -0.1) is 0 Å². The van der Waals surface area contributed by atoms with E-state index in [1.807, 2.05) is 50.2 Å². The van der Waals surface area contributed by atoms with Gasteiger partial charge in [-0.3, -0.25) is 0 Å². The van der Waals surface area contributed by atoms with Crippen LogP contribution < -0.4 is 26.1 Å². The van der Waals surface area contributed by atoms with Crippen LogP contribution in [0.25, 0.3) is 0 Å². The third-order valence-corrected chi connectivity index (χ3v) is 5.54. The lowest BCUT2D eigenvalue weighted by Gasteiger charge is -2.36. The first-order chi connectivity index (χ1) is 14.7. The lowest BCUT2D eigenvalue weighted by atomic mass is 9.74. The molecule has 2 aromatic rings. The van der Waals surface area contributed by atoms with E-state index in [1.54, 1.807) is 0 Å². The van der Waals surface area contributed by atoms with E-state index in [1.165, 1.54) is 0 Å². The van der Waals surface area contributed by atoms with Gasteiger partial charge in [-0.1, -0.05) is 36.4 Å². The number of nitrogens with zero attached hydrogens (tertiary/aromatic N) is 1. The minimum absolute atomic E-state index is 0.0558. The highest BCUT2D eigenvalue weighted by Crippen LogP contribution is 2.48. The molecule has 7 heteroatoms. The molecular weight excluding hydrogens is 380 g/mol. The topological polar surface area (TPSA) is 102 Å². The van der Waals surface area contributed by atoms with Crippen LogP contribution in [0.5, 0.6) is 11.5 Å². The average molecular weight is 406 g/mol. The molecule has 0 bridgehead atoms. The molecule has 4 atom stereocenters. The van der Waals surface area contributed by atoms with E-state index in [4.69, 9.17) is 19.9 Å². The second-order valence-corrected chi connectivity index (χ2v) is 7.23. The molecule has 0 spiro atoms. The maximum Gasteiger partial charge on any atom is 0.200 e. The number of nitrogens with two attached hydrogens (primary N) is 1. The summed E-state index contributed by atoms with van der Waals surface area (Å²) in [5.41, 5.74) is 15.1. The van der Waals surface area contributed by atoms with Crippen molar-refractivity contribution in [1.82, 2.24) is 10.9 Å². The number of hydrogen-bond donors (Lipinski definition) is 3. The van der Waals surface area contributed by atoms with Crippen molar-refractivity contribution in [3.63, 3.8) is 0 Å². The van der Waals surface area contributed by atoms with E-state index >= 15 is 0 Å². The van der Waals surface area contributed by atoms with Crippen molar-refractivity contribution in [2.45, 2.75) is 32.0 Å². The summed E-state index contributed by atoms with van der Waals surface area (Å²) < 4.78 is 17.4. The molecule has 0 aromatic heterocycles. The molecule has 7 nitrogen and oxygen atoms in total. The van der Waals surface area contributed by atoms with Crippen LogP contribution in [0.1, 0.15) is 36.9 Å². The van der Waals surface area contributed by atoms with E-state index in [2.05, 4.69) is 29.1 Å². The zero-order valence-corrected chi connectivity index (χ0v) is 17.1. The molecule has 1 saturated heterocycles. The smallest absolute Gasteiger partial charge is 0.200 e. The molecule has 1 fully saturated rings. The van der Waals surface area contributed by atoms with Crippen molar-refractivity contribution in [2.75, 3.05) is 13.2 Å². The number of nitriles is 1. The molecule has 4 rings (SSSR count). The summed E-state index contributed by atoms with van der Waals surface area (Å²) in [6.07, 6.45) is -0.362. The second-order valence-electron chi connectivity index (χ2n) is 7.23. The first kappa shape index (κ1) is 20.1. The number of ether oxygens (including phenoxy) is 3. The Morgan fingerprint density at radius 2 is 1.73 bits per heavy atom. The summed E-state index contributed by atoms with van der Waals surface area (Å²) in [6, 6.07) is 18.2. The molecular formula is C23H26N4O3. The van der Waals surface area contributed by atoms with Crippen molar-refractivity contribution in [2.24, 2.45) is 11.7 Å². The highest BCUT2D eigenvalue weighted by molar-refractivity contribution is 5.49. The molecule has 2 aliphatic rings. The quantitative estimate of drug-likeness (QED) is 0.678. The normalized spacial score (nSPS) is 25.2. The van der Waals surface area contributed by atoms with Crippen LogP contribution in [0.4, 0.5) is 0 Å². The van der Waals surface area contributed by atoms with Crippen LogP contribution >= 0.6 is 0 Å². The van der Waals surface area contributed by atoms with Gasteiger partial charge in [0.25, 0.3) is 0 Å². The fourth-order valence-corrected chi connectivity index (χ4v) is 4.30. The van der Waals surface area contributed by atoms with E-state index in [9.17, 15) is 5.26 Å². The fourth-order valence-electron chi connectivity index (χ4n) is 4.30.